The van der Waals surface area contributed by atoms with Crippen molar-refractivity contribution < 1.29 is 8.42 Å². The van der Waals surface area contributed by atoms with Gasteiger partial charge in [0.15, 0.2) is 5.65 Å². The molecule has 0 unspecified atom stereocenters. The molecule has 0 radical (unpaired) electrons. The Balaban J connectivity index is 2.08. The van der Waals surface area contributed by atoms with E-state index in [1.807, 2.05) is 44.2 Å². The van der Waals surface area contributed by atoms with E-state index in [9.17, 15) is 8.42 Å². The molecule has 2 heterocycles. The molecular weight excluding hydrogens is 336 g/mol. The van der Waals surface area contributed by atoms with E-state index in [0.717, 1.165) is 18.7 Å². The summed E-state index contributed by atoms with van der Waals surface area (Å²) in [6.45, 7) is 4.46. The Morgan fingerprint density at radius 1 is 1.04 bits per heavy atom. The van der Waals surface area contributed by atoms with Crippen molar-refractivity contribution in [3.05, 3.63) is 54.5 Å². The molecule has 0 aliphatic heterocycles. The van der Waals surface area contributed by atoms with Gasteiger partial charge >= 0.3 is 0 Å². The lowest BCUT2D eigenvalue weighted by molar-refractivity contribution is 0.588. The summed E-state index contributed by atoms with van der Waals surface area (Å²) in [4.78, 5) is 0.245. The van der Waals surface area contributed by atoms with E-state index < -0.39 is 10.0 Å². The number of pyridine rings is 1. The molecule has 0 fully saturated rings. The predicted molar refractivity (Wildman–Crippen MR) is 98.2 cm³/mol. The molecule has 0 N–H and O–H groups in total. The first-order chi connectivity index (χ1) is 12.1. The number of benzene rings is 1. The maximum atomic E-state index is 13.3. The second kappa shape index (κ2) is 7.23. The van der Waals surface area contributed by atoms with E-state index >= 15 is 0 Å². The quantitative estimate of drug-likeness (QED) is 0.650. The summed E-state index contributed by atoms with van der Waals surface area (Å²) in [5, 5.41) is 8.16. The van der Waals surface area contributed by atoms with Gasteiger partial charge in [0.25, 0.3) is 10.0 Å². The summed E-state index contributed by atoms with van der Waals surface area (Å²) in [6.07, 6.45) is 4.01. The van der Waals surface area contributed by atoms with Gasteiger partial charge in [0, 0.05) is 19.2 Å². The summed E-state index contributed by atoms with van der Waals surface area (Å²) in [7, 11) is -3.66. The number of hydrogen-bond acceptors (Lipinski definition) is 4. The molecule has 0 spiro atoms. The fourth-order valence-corrected chi connectivity index (χ4v) is 4.23. The molecule has 3 rings (SSSR count). The topological polar surface area (TPSA) is 67.6 Å². The second-order valence-electron chi connectivity index (χ2n) is 5.83. The van der Waals surface area contributed by atoms with Crippen molar-refractivity contribution in [1.82, 2.24) is 14.6 Å². The maximum absolute atomic E-state index is 13.3. The number of nitrogens with zero attached hydrogens (tertiary/aromatic N) is 4. The highest BCUT2D eigenvalue weighted by molar-refractivity contribution is 7.92. The van der Waals surface area contributed by atoms with Crippen LogP contribution in [0.1, 0.15) is 32.5 Å². The van der Waals surface area contributed by atoms with Crippen molar-refractivity contribution in [2.45, 2.75) is 38.0 Å². The Kier molecular flexibility index (Phi) is 5.03. The second-order valence-corrected chi connectivity index (χ2v) is 7.69. The summed E-state index contributed by atoms with van der Waals surface area (Å²) in [6, 6.07) is 12.5. The van der Waals surface area contributed by atoms with Crippen molar-refractivity contribution in [3.63, 3.8) is 0 Å². The molecule has 0 atom stereocenters. The predicted octanol–water partition coefficient (Wildman–Crippen LogP) is 3.29. The van der Waals surface area contributed by atoms with Crippen LogP contribution in [0, 0.1) is 0 Å². The van der Waals surface area contributed by atoms with Gasteiger partial charge in [-0.1, -0.05) is 38.5 Å². The van der Waals surface area contributed by atoms with Gasteiger partial charge in [0.2, 0.25) is 0 Å². The average molecular weight is 358 g/mol. The lowest BCUT2D eigenvalue weighted by atomic mass is 10.3. The maximum Gasteiger partial charge on any atom is 0.265 e. The van der Waals surface area contributed by atoms with Crippen molar-refractivity contribution in [1.29, 1.82) is 0 Å². The van der Waals surface area contributed by atoms with Crippen LogP contribution in [0.2, 0.25) is 0 Å². The van der Waals surface area contributed by atoms with Gasteiger partial charge in [-0.2, -0.15) is 0 Å². The molecule has 0 saturated heterocycles. The Labute approximate surface area is 148 Å². The number of hydrogen-bond donors (Lipinski definition) is 0. The summed E-state index contributed by atoms with van der Waals surface area (Å²) >= 11 is 0. The minimum Gasteiger partial charge on any atom is -0.285 e. The normalized spacial score (nSPS) is 11.8. The summed E-state index contributed by atoms with van der Waals surface area (Å²) in [5.41, 5.74) is 1.33. The first-order valence-corrected chi connectivity index (χ1v) is 9.93. The lowest BCUT2D eigenvalue weighted by Gasteiger charge is -2.24. The Morgan fingerprint density at radius 3 is 2.48 bits per heavy atom. The van der Waals surface area contributed by atoms with Gasteiger partial charge < -0.3 is 0 Å². The first kappa shape index (κ1) is 17.4. The third kappa shape index (κ3) is 3.37. The van der Waals surface area contributed by atoms with E-state index in [1.54, 1.807) is 22.7 Å². The van der Waals surface area contributed by atoms with Crippen molar-refractivity contribution in [2.24, 2.45) is 0 Å². The van der Waals surface area contributed by atoms with Gasteiger partial charge in [-0.25, -0.2) is 8.42 Å². The summed E-state index contributed by atoms with van der Waals surface area (Å²) < 4.78 is 29.8. The van der Waals surface area contributed by atoms with E-state index in [1.165, 1.54) is 4.31 Å². The van der Waals surface area contributed by atoms with Crippen LogP contribution >= 0.6 is 0 Å². The summed E-state index contributed by atoms with van der Waals surface area (Å²) in [5.74, 6) is 0.742. The van der Waals surface area contributed by atoms with Crippen molar-refractivity contribution in [2.75, 3.05) is 10.8 Å². The molecule has 25 heavy (non-hydrogen) atoms. The van der Waals surface area contributed by atoms with E-state index in [2.05, 4.69) is 10.2 Å². The lowest BCUT2D eigenvalue weighted by Crippen LogP contribution is -2.32. The van der Waals surface area contributed by atoms with Crippen LogP contribution in [0.4, 0.5) is 5.69 Å². The van der Waals surface area contributed by atoms with Gasteiger partial charge in [-0.3, -0.25) is 8.71 Å². The van der Waals surface area contributed by atoms with Gasteiger partial charge in [-0.05, 0) is 30.7 Å². The third-order valence-electron chi connectivity index (χ3n) is 4.11. The zero-order valence-corrected chi connectivity index (χ0v) is 15.3. The van der Waals surface area contributed by atoms with Crippen LogP contribution in [0.5, 0.6) is 0 Å². The highest BCUT2D eigenvalue weighted by Crippen LogP contribution is 2.24. The largest absolute Gasteiger partial charge is 0.285 e. The number of para-hydroxylation sites is 1. The molecule has 0 amide bonds. The Bertz CT molecular complexity index is 952. The number of aromatic nitrogens is 3. The van der Waals surface area contributed by atoms with Gasteiger partial charge in [0.1, 0.15) is 10.7 Å². The molecule has 0 saturated carbocycles. The van der Waals surface area contributed by atoms with Crippen LogP contribution in [0.25, 0.3) is 5.65 Å². The average Bonchev–Trinajstić information content (AvgIpc) is 3.05. The molecule has 0 bridgehead atoms. The first-order valence-electron chi connectivity index (χ1n) is 8.49. The minimum absolute atomic E-state index is 0.245. The smallest absolute Gasteiger partial charge is 0.265 e. The van der Waals surface area contributed by atoms with Crippen LogP contribution < -0.4 is 4.31 Å². The SMILES string of the molecule is CCCCN(c1ccccc1)S(=O)(=O)c1ccc2nnc(CC)n2c1. The number of sulfonamides is 1. The fraction of sp³-hybridized carbons (Fsp3) is 0.333. The zero-order valence-electron chi connectivity index (χ0n) is 14.5. The molecule has 3 aromatic rings. The Hall–Kier alpha value is -2.41. The fourth-order valence-electron chi connectivity index (χ4n) is 2.72. The highest BCUT2D eigenvalue weighted by Gasteiger charge is 2.25. The highest BCUT2D eigenvalue weighted by atomic mass is 32.2. The van der Waals surface area contributed by atoms with Crippen LogP contribution in [0.15, 0.2) is 53.6 Å². The molecule has 2 aromatic heterocycles. The number of anilines is 1. The van der Waals surface area contributed by atoms with Crippen molar-refractivity contribution >= 4 is 21.4 Å². The minimum atomic E-state index is -3.66. The molecule has 0 aliphatic rings. The van der Waals surface area contributed by atoms with Crippen LogP contribution in [-0.4, -0.2) is 29.6 Å². The standard InChI is InChI=1S/C18H22N4O2S/c1-3-5-13-22(15-9-7-6-8-10-15)25(23,24)16-11-12-18-20-19-17(4-2)21(18)14-16/h6-12,14H,3-5,13H2,1-2H3. The molecular formula is C18H22N4O2S. The monoisotopic (exact) mass is 358 g/mol. The van der Waals surface area contributed by atoms with Crippen molar-refractivity contribution in [3.8, 4) is 0 Å². The van der Waals surface area contributed by atoms with Crippen LogP contribution in [0.3, 0.4) is 0 Å². The van der Waals surface area contributed by atoms with E-state index in [4.69, 9.17) is 0 Å². The molecule has 6 nitrogen and oxygen atoms in total. The number of fused-ring (bicyclic) bond motifs is 1. The van der Waals surface area contributed by atoms with E-state index in [-0.39, 0.29) is 4.90 Å². The number of rotatable bonds is 7. The molecule has 0 aliphatic carbocycles. The molecule has 132 valence electrons. The number of aryl methyl sites for hydroxylation is 1. The number of unbranched alkanes of at least 4 members (excludes halogenated alkanes) is 1. The Morgan fingerprint density at radius 2 is 1.80 bits per heavy atom. The van der Waals surface area contributed by atoms with Gasteiger partial charge in [-0.15, -0.1) is 10.2 Å². The zero-order chi connectivity index (χ0) is 17.9. The van der Waals surface area contributed by atoms with E-state index in [0.29, 0.717) is 24.3 Å². The van der Waals surface area contributed by atoms with Crippen LogP contribution in [-0.2, 0) is 16.4 Å². The molecule has 1 aromatic carbocycles. The third-order valence-corrected chi connectivity index (χ3v) is 5.92. The molecule has 7 heteroatoms. The van der Waals surface area contributed by atoms with Gasteiger partial charge in [0.05, 0.1) is 5.69 Å².